The van der Waals surface area contributed by atoms with E-state index in [1.54, 1.807) is 0 Å². The summed E-state index contributed by atoms with van der Waals surface area (Å²) in [6, 6.07) is 0.0943. The van der Waals surface area contributed by atoms with Crippen molar-refractivity contribution in [3.63, 3.8) is 0 Å². The molecule has 5 nitrogen and oxygen atoms in total. The van der Waals surface area contributed by atoms with Crippen molar-refractivity contribution < 1.29 is 14.6 Å². The van der Waals surface area contributed by atoms with Crippen LogP contribution in [0.3, 0.4) is 0 Å². The number of nitrogens with zero attached hydrogens (tertiary/aromatic N) is 2. The molecule has 104 valence electrons. The number of methoxy groups -OCH3 is 1. The van der Waals surface area contributed by atoms with Gasteiger partial charge >= 0.3 is 5.97 Å². The van der Waals surface area contributed by atoms with Crippen molar-refractivity contribution in [1.82, 2.24) is 9.80 Å². The Morgan fingerprint density at radius 2 is 2.17 bits per heavy atom. The molecule has 2 fully saturated rings. The Kier molecular flexibility index (Phi) is 4.25. The topological polar surface area (TPSA) is 53.0 Å². The van der Waals surface area contributed by atoms with E-state index in [1.807, 2.05) is 14.1 Å². The van der Waals surface area contributed by atoms with Gasteiger partial charge in [-0.25, -0.2) is 0 Å². The number of esters is 1. The lowest BCUT2D eigenvalue weighted by atomic mass is 10.1. The van der Waals surface area contributed by atoms with Crippen molar-refractivity contribution in [3.05, 3.63) is 0 Å². The summed E-state index contributed by atoms with van der Waals surface area (Å²) < 4.78 is 4.94. The maximum atomic E-state index is 12.0. The van der Waals surface area contributed by atoms with Crippen LogP contribution in [0.25, 0.3) is 0 Å². The molecular weight excluding hydrogens is 232 g/mol. The Hall–Kier alpha value is -0.650. The van der Waals surface area contributed by atoms with E-state index >= 15 is 0 Å². The maximum absolute atomic E-state index is 12.0. The van der Waals surface area contributed by atoms with Gasteiger partial charge in [0.15, 0.2) is 0 Å². The molecule has 0 aromatic carbocycles. The predicted octanol–water partition coefficient (Wildman–Crippen LogP) is -0.0652. The van der Waals surface area contributed by atoms with Crippen LogP contribution < -0.4 is 0 Å². The summed E-state index contributed by atoms with van der Waals surface area (Å²) >= 11 is 0. The van der Waals surface area contributed by atoms with Crippen molar-refractivity contribution in [2.45, 2.75) is 37.5 Å². The summed E-state index contributed by atoms with van der Waals surface area (Å²) in [5, 5.41) is 9.88. The molecule has 0 radical (unpaired) electrons. The fourth-order valence-electron chi connectivity index (χ4n) is 2.99. The van der Waals surface area contributed by atoms with Crippen molar-refractivity contribution in [3.8, 4) is 0 Å². The van der Waals surface area contributed by atoms with Crippen LogP contribution >= 0.6 is 0 Å². The van der Waals surface area contributed by atoms with Crippen LogP contribution in [-0.2, 0) is 9.53 Å². The van der Waals surface area contributed by atoms with E-state index < -0.39 is 0 Å². The van der Waals surface area contributed by atoms with Crippen LogP contribution in [0.2, 0.25) is 0 Å². The molecule has 1 N–H and O–H groups in total. The Bertz CT molecular complexity index is 305. The third-order valence-corrected chi connectivity index (χ3v) is 3.88. The zero-order valence-corrected chi connectivity index (χ0v) is 11.5. The normalized spacial score (nSPS) is 30.7. The third kappa shape index (κ3) is 3.02. The Morgan fingerprint density at radius 3 is 2.67 bits per heavy atom. The monoisotopic (exact) mass is 256 g/mol. The van der Waals surface area contributed by atoms with Crippen molar-refractivity contribution in [1.29, 1.82) is 0 Å². The van der Waals surface area contributed by atoms with Crippen molar-refractivity contribution in [2.75, 3.05) is 34.3 Å². The molecule has 1 saturated carbocycles. The molecule has 1 saturated heterocycles. The van der Waals surface area contributed by atoms with Crippen molar-refractivity contribution in [2.24, 2.45) is 5.92 Å². The number of carbonyl (C=O) groups excluding carboxylic acids is 1. The van der Waals surface area contributed by atoms with Crippen LogP contribution in [-0.4, -0.2) is 73.4 Å². The number of rotatable bonds is 5. The number of aliphatic hydroxyl groups excluding tert-OH is 1. The van der Waals surface area contributed by atoms with Crippen LogP contribution in [0.15, 0.2) is 0 Å². The number of carbonyl (C=O) groups is 1. The van der Waals surface area contributed by atoms with Crippen LogP contribution in [0.4, 0.5) is 0 Å². The molecule has 0 bridgehead atoms. The van der Waals surface area contributed by atoms with E-state index in [9.17, 15) is 9.90 Å². The molecule has 2 rings (SSSR count). The van der Waals surface area contributed by atoms with E-state index in [4.69, 9.17) is 4.74 Å². The van der Waals surface area contributed by atoms with Gasteiger partial charge in [0.1, 0.15) is 6.04 Å². The molecule has 18 heavy (non-hydrogen) atoms. The van der Waals surface area contributed by atoms with Crippen LogP contribution in [0, 0.1) is 5.92 Å². The number of β-amino-alcohol motifs (C(OH)–C–C–N with tert-alkyl or cyclic N) is 1. The van der Waals surface area contributed by atoms with Gasteiger partial charge in [-0.2, -0.15) is 0 Å². The summed E-state index contributed by atoms with van der Waals surface area (Å²) in [7, 11) is 5.49. The zero-order valence-electron chi connectivity index (χ0n) is 11.5. The number of ether oxygens (including phenoxy) is 1. The highest BCUT2D eigenvalue weighted by atomic mass is 16.5. The Morgan fingerprint density at radius 1 is 1.50 bits per heavy atom. The number of aliphatic hydroxyl groups is 1. The number of hydrogen-bond donors (Lipinski definition) is 1. The summed E-state index contributed by atoms with van der Waals surface area (Å²) in [6.45, 7) is 1.46. The molecule has 5 heteroatoms. The molecule has 0 spiro atoms. The second-order valence-corrected chi connectivity index (χ2v) is 5.81. The van der Waals surface area contributed by atoms with Gasteiger partial charge in [-0.1, -0.05) is 0 Å². The average Bonchev–Trinajstić information content (AvgIpc) is 3.05. The third-order valence-electron chi connectivity index (χ3n) is 3.88. The lowest BCUT2D eigenvalue weighted by Gasteiger charge is -2.32. The van der Waals surface area contributed by atoms with Gasteiger partial charge in [0.25, 0.3) is 0 Å². The first kappa shape index (κ1) is 13.8. The lowest BCUT2D eigenvalue weighted by molar-refractivity contribution is -0.148. The minimum atomic E-state index is -0.319. The van der Waals surface area contributed by atoms with E-state index in [0.717, 1.165) is 25.8 Å². The zero-order chi connectivity index (χ0) is 13.3. The van der Waals surface area contributed by atoms with Crippen LogP contribution in [0.1, 0.15) is 19.3 Å². The molecular formula is C13H24N2O3. The van der Waals surface area contributed by atoms with Gasteiger partial charge in [-0.05, 0) is 39.3 Å². The van der Waals surface area contributed by atoms with E-state index in [1.165, 1.54) is 7.11 Å². The molecule has 0 aromatic rings. The first-order valence-corrected chi connectivity index (χ1v) is 6.69. The smallest absolute Gasteiger partial charge is 0.323 e. The van der Waals surface area contributed by atoms with Gasteiger partial charge in [0.2, 0.25) is 0 Å². The predicted molar refractivity (Wildman–Crippen MR) is 68.2 cm³/mol. The SMILES string of the molecule is COC(=O)C(C1CC1)N1CC(O)CC1CN(C)C. The van der Waals surface area contributed by atoms with Crippen LogP contribution in [0.5, 0.6) is 0 Å². The maximum Gasteiger partial charge on any atom is 0.323 e. The molecule has 2 aliphatic rings. The van der Waals surface area contributed by atoms with Gasteiger partial charge in [-0.15, -0.1) is 0 Å². The Balaban J connectivity index is 2.09. The largest absolute Gasteiger partial charge is 0.468 e. The molecule has 0 amide bonds. The fraction of sp³-hybridized carbons (Fsp3) is 0.923. The molecule has 3 atom stereocenters. The molecule has 1 heterocycles. The Labute approximate surface area is 109 Å². The summed E-state index contributed by atoms with van der Waals surface area (Å²) in [4.78, 5) is 16.2. The standard InChI is InChI=1S/C13H24N2O3/c1-14(2)7-10-6-11(16)8-15(10)12(9-4-5-9)13(17)18-3/h9-12,16H,4-8H2,1-3H3. The molecule has 3 unspecified atom stereocenters. The van der Waals surface area contributed by atoms with E-state index in [0.29, 0.717) is 12.5 Å². The van der Waals surface area contributed by atoms with E-state index in [-0.39, 0.29) is 24.2 Å². The molecule has 0 aromatic heterocycles. The first-order chi connectivity index (χ1) is 8.52. The summed E-state index contributed by atoms with van der Waals surface area (Å²) in [5.41, 5.74) is 0. The number of likely N-dealkylation sites (tertiary alicyclic amines) is 1. The highest BCUT2D eigenvalue weighted by molar-refractivity contribution is 5.76. The van der Waals surface area contributed by atoms with Gasteiger partial charge < -0.3 is 14.7 Å². The fourth-order valence-corrected chi connectivity index (χ4v) is 2.99. The molecule has 1 aliphatic heterocycles. The second-order valence-electron chi connectivity index (χ2n) is 5.81. The summed E-state index contributed by atoms with van der Waals surface area (Å²) in [6.07, 6.45) is 2.63. The van der Waals surface area contributed by atoms with E-state index in [2.05, 4.69) is 9.80 Å². The minimum Gasteiger partial charge on any atom is -0.468 e. The lowest BCUT2D eigenvalue weighted by Crippen LogP contribution is -2.49. The second kappa shape index (κ2) is 5.55. The van der Waals surface area contributed by atoms with Gasteiger partial charge in [0, 0.05) is 19.1 Å². The van der Waals surface area contributed by atoms with Gasteiger partial charge in [-0.3, -0.25) is 9.69 Å². The van der Waals surface area contributed by atoms with Crippen molar-refractivity contribution >= 4 is 5.97 Å². The number of hydrogen-bond acceptors (Lipinski definition) is 5. The average molecular weight is 256 g/mol. The summed E-state index contributed by atoms with van der Waals surface area (Å²) in [5.74, 6) is 0.280. The molecule has 1 aliphatic carbocycles. The highest BCUT2D eigenvalue weighted by Crippen LogP contribution is 2.38. The minimum absolute atomic E-state index is 0.143. The highest BCUT2D eigenvalue weighted by Gasteiger charge is 2.46. The first-order valence-electron chi connectivity index (χ1n) is 6.69. The number of likely N-dealkylation sites (N-methyl/N-ethyl adjacent to an activating group) is 1. The quantitative estimate of drug-likeness (QED) is 0.698. The van der Waals surface area contributed by atoms with Gasteiger partial charge in [0.05, 0.1) is 13.2 Å².